The highest BCUT2D eigenvalue weighted by molar-refractivity contribution is 5.78. The summed E-state index contributed by atoms with van der Waals surface area (Å²) in [4.78, 5) is 45.9. The summed E-state index contributed by atoms with van der Waals surface area (Å²) in [6.07, 6.45) is -7.95. The van der Waals surface area contributed by atoms with Crippen LogP contribution in [0.4, 0.5) is 0 Å². The molecule has 14 nitrogen and oxygen atoms in total. The van der Waals surface area contributed by atoms with E-state index in [1.165, 1.54) is 0 Å². The fraction of sp³-hybridized carbons (Fsp3) is 0.688. The second-order valence-corrected chi connectivity index (χ2v) is 6.15. The second-order valence-electron chi connectivity index (χ2n) is 6.15. The van der Waals surface area contributed by atoms with Gasteiger partial charge in [0.25, 0.3) is 5.90 Å². The van der Waals surface area contributed by atoms with Gasteiger partial charge in [-0.05, 0) is 0 Å². The van der Waals surface area contributed by atoms with Crippen LogP contribution in [0.15, 0.2) is 0 Å². The average molecular weight is 437 g/mol. The minimum absolute atomic E-state index is 0.548. The van der Waals surface area contributed by atoms with Crippen LogP contribution in [0.5, 0.6) is 0 Å². The van der Waals surface area contributed by atoms with E-state index in [4.69, 9.17) is 49.2 Å². The van der Waals surface area contributed by atoms with E-state index < -0.39 is 73.1 Å². The zero-order chi connectivity index (χ0) is 23.2. The molecule has 1 rings (SSSR count). The Morgan fingerprint density at radius 1 is 0.800 bits per heavy atom. The first kappa shape index (κ1) is 25.2. The van der Waals surface area contributed by atoms with Gasteiger partial charge in [0.2, 0.25) is 12.4 Å². The molecular weight excluding hydrogens is 414 g/mol. The third kappa shape index (κ3) is 7.55. The lowest BCUT2D eigenvalue weighted by Gasteiger charge is -2.44. The standard InChI is InChI=1S/C16H23NO13/c1-6(18)25-5-10-11(26-7(2)19)12(27-8(3)20)13(28-9(4)21)14(29-10)30-15(17)16(22,23)24/h10-14,17,22-24H,5H2,1-4H3/t10-,11-,12+,13-,14+/m1/s1. The van der Waals surface area contributed by atoms with Crippen molar-refractivity contribution < 1.29 is 62.9 Å². The van der Waals surface area contributed by atoms with Crippen molar-refractivity contribution in [1.29, 1.82) is 5.41 Å². The molecule has 0 aliphatic carbocycles. The van der Waals surface area contributed by atoms with Crippen LogP contribution in [0.2, 0.25) is 0 Å². The average Bonchev–Trinajstić information content (AvgIpc) is 2.56. The molecule has 170 valence electrons. The molecule has 0 aromatic carbocycles. The van der Waals surface area contributed by atoms with Gasteiger partial charge in [-0.2, -0.15) is 0 Å². The Kier molecular flexibility index (Phi) is 8.65. The number of aliphatic hydroxyl groups is 3. The number of hydrogen-bond donors (Lipinski definition) is 4. The Hall–Kier alpha value is -2.81. The molecule has 5 atom stereocenters. The lowest BCUT2D eigenvalue weighted by atomic mass is 9.98. The number of carbonyl (C=O) groups excluding carboxylic acids is 4. The molecule has 0 radical (unpaired) electrons. The van der Waals surface area contributed by atoms with Crippen LogP contribution in [0.3, 0.4) is 0 Å². The van der Waals surface area contributed by atoms with Crippen molar-refractivity contribution in [3.8, 4) is 0 Å². The summed E-state index contributed by atoms with van der Waals surface area (Å²) in [5.74, 6) is -8.64. The zero-order valence-corrected chi connectivity index (χ0v) is 16.5. The van der Waals surface area contributed by atoms with Gasteiger partial charge in [0.15, 0.2) is 12.2 Å². The topological polar surface area (TPSA) is 208 Å². The number of ether oxygens (including phenoxy) is 6. The van der Waals surface area contributed by atoms with Gasteiger partial charge in [0, 0.05) is 27.7 Å². The molecule has 0 spiro atoms. The van der Waals surface area contributed by atoms with Gasteiger partial charge in [-0.3, -0.25) is 24.6 Å². The Morgan fingerprint density at radius 3 is 1.70 bits per heavy atom. The monoisotopic (exact) mass is 437 g/mol. The van der Waals surface area contributed by atoms with Crippen LogP contribution in [-0.4, -0.2) is 88.4 Å². The van der Waals surface area contributed by atoms with E-state index in [2.05, 4.69) is 0 Å². The fourth-order valence-corrected chi connectivity index (χ4v) is 2.48. The number of esters is 4. The van der Waals surface area contributed by atoms with E-state index in [0.717, 1.165) is 27.7 Å². The van der Waals surface area contributed by atoms with Gasteiger partial charge in [-0.15, -0.1) is 0 Å². The molecular formula is C16H23NO13. The summed E-state index contributed by atoms with van der Waals surface area (Å²) in [5.41, 5.74) is 0. The SMILES string of the molecule is CC(=O)OC[C@H]1O[C@@H](OC(=N)C(O)(O)O)[C@H](OC(C)=O)[C@@H](OC(C)=O)[C@@H]1OC(C)=O. The summed E-state index contributed by atoms with van der Waals surface area (Å²) in [6, 6.07) is 0. The zero-order valence-electron chi connectivity index (χ0n) is 16.5. The molecule has 30 heavy (non-hydrogen) atoms. The van der Waals surface area contributed by atoms with Gasteiger partial charge in [0.05, 0.1) is 0 Å². The quantitative estimate of drug-likeness (QED) is 0.109. The van der Waals surface area contributed by atoms with Gasteiger partial charge >= 0.3 is 29.9 Å². The van der Waals surface area contributed by atoms with E-state index in [1.807, 2.05) is 0 Å². The van der Waals surface area contributed by atoms with E-state index in [0.29, 0.717) is 0 Å². The Labute approximate surface area is 170 Å². The fourth-order valence-electron chi connectivity index (χ4n) is 2.48. The van der Waals surface area contributed by atoms with Crippen LogP contribution in [0.25, 0.3) is 0 Å². The minimum atomic E-state index is -3.71. The highest BCUT2D eigenvalue weighted by atomic mass is 16.8. The van der Waals surface area contributed by atoms with Crippen LogP contribution in [-0.2, 0) is 47.6 Å². The summed E-state index contributed by atoms with van der Waals surface area (Å²) in [5, 5.41) is 34.6. The molecule has 1 fully saturated rings. The molecule has 0 amide bonds. The first-order chi connectivity index (χ1) is 13.7. The molecule has 1 aliphatic heterocycles. The number of carbonyl (C=O) groups is 4. The van der Waals surface area contributed by atoms with Gasteiger partial charge in [-0.1, -0.05) is 0 Å². The van der Waals surface area contributed by atoms with Crippen LogP contribution in [0, 0.1) is 5.41 Å². The van der Waals surface area contributed by atoms with E-state index in [-0.39, 0.29) is 0 Å². The smallest absolute Gasteiger partial charge is 0.357 e. The molecule has 0 unspecified atom stereocenters. The predicted molar refractivity (Wildman–Crippen MR) is 90.2 cm³/mol. The van der Waals surface area contributed by atoms with Crippen molar-refractivity contribution in [2.75, 3.05) is 6.61 Å². The number of hydrogen-bond acceptors (Lipinski definition) is 14. The Bertz CT molecular complexity index is 685. The largest absolute Gasteiger partial charge is 0.463 e. The molecule has 0 saturated carbocycles. The molecule has 0 bridgehead atoms. The first-order valence-electron chi connectivity index (χ1n) is 8.45. The Morgan fingerprint density at radius 2 is 1.27 bits per heavy atom. The van der Waals surface area contributed by atoms with Crippen LogP contribution < -0.4 is 0 Å². The van der Waals surface area contributed by atoms with Crippen LogP contribution in [0.1, 0.15) is 27.7 Å². The van der Waals surface area contributed by atoms with E-state index in [9.17, 15) is 19.2 Å². The normalized spacial score (nSPS) is 26.2. The summed E-state index contributed by atoms with van der Waals surface area (Å²) >= 11 is 0. The maximum absolute atomic E-state index is 11.6. The summed E-state index contributed by atoms with van der Waals surface area (Å²) < 4.78 is 30.3. The third-order valence-corrected chi connectivity index (χ3v) is 3.49. The minimum Gasteiger partial charge on any atom is -0.463 e. The summed E-state index contributed by atoms with van der Waals surface area (Å²) in [7, 11) is 0. The molecule has 1 aliphatic rings. The summed E-state index contributed by atoms with van der Waals surface area (Å²) in [6.45, 7) is 3.55. The van der Waals surface area contributed by atoms with E-state index in [1.54, 1.807) is 0 Å². The van der Waals surface area contributed by atoms with Crippen molar-refractivity contribution in [2.45, 2.75) is 64.4 Å². The third-order valence-electron chi connectivity index (χ3n) is 3.49. The first-order valence-corrected chi connectivity index (χ1v) is 8.45. The molecule has 1 heterocycles. The maximum atomic E-state index is 11.6. The molecule has 4 N–H and O–H groups in total. The molecule has 1 saturated heterocycles. The number of rotatable bonds is 7. The van der Waals surface area contributed by atoms with Crippen molar-refractivity contribution >= 4 is 29.8 Å². The van der Waals surface area contributed by atoms with E-state index >= 15 is 0 Å². The van der Waals surface area contributed by atoms with Crippen molar-refractivity contribution in [1.82, 2.24) is 0 Å². The van der Waals surface area contributed by atoms with Crippen molar-refractivity contribution in [2.24, 2.45) is 0 Å². The lowest BCUT2D eigenvalue weighted by Crippen LogP contribution is -2.63. The van der Waals surface area contributed by atoms with Gasteiger partial charge in [0.1, 0.15) is 12.7 Å². The highest BCUT2D eigenvalue weighted by Gasteiger charge is 2.54. The molecule has 0 aromatic heterocycles. The van der Waals surface area contributed by atoms with Crippen molar-refractivity contribution in [3.63, 3.8) is 0 Å². The maximum Gasteiger partial charge on any atom is 0.357 e. The molecule has 0 aromatic rings. The predicted octanol–water partition coefficient (Wildman–Crippen LogP) is -2.31. The van der Waals surface area contributed by atoms with Gasteiger partial charge in [-0.25, -0.2) is 0 Å². The van der Waals surface area contributed by atoms with Crippen molar-refractivity contribution in [3.05, 3.63) is 0 Å². The molecule has 14 heteroatoms. The lowest BCUT2D eigenvalue weighted by molar-refractivity contribution is -0.309. The Balaban J connectivity index is 3.37. The van der Waals surface area contributed by atoms with Crippen LogP contribution >= 0.6 is 0 Å². The highest BCUT2D eigenvalue weighted by Crippen LogP contribution is 2.30. The van der Waals surface area contributed by atoms with Gasteiger partial charge < -0.3 is 43.7 Å². The second kappa shape index (κ2) is 10.3. The number of nitrogens with one attached hydrogen (secondary N) is 1.